The standard InChI is InChI=1S/C18H26ClN5O2/c1-8-9-23(16(25)26-18(5,6)7)24(12-17(2,3)4)15-13(19)11-21-14(10-20)22-15/h8,11H,1,9,12H2,2-7H3. The number of nitriles is 1. The summed E-state index contributed by atoms with van der Waals surface area (Å²) in [6, 6.07) is 1.89. The van der Waals surface area contributed by atoms with E-state index < -0.39 is 11.7 Å². The molecule has 0 atom stereocenters. The summed E-state index contributed by atoms with van der Waals surface area (Å²) in [6.07, 6.45) is 2.37. The molecule has 0 aliphatic rings. The van der Waals surface area contributed by atoms with Crippen LogP contribution in [0.2, 0.25) is 5.02 Å². The van der Waals surface area contributed by atoms with Gasteiger partial charge in [-0.25, -0.2) is 14.8 Å². The highest BCUT2D eigenvalue weighted by Gasteiger charge is 2.31. The lowest BCUT2D eigenvalue weighted by atomic mass is 9.96. The molecule has 0 aromatic carbocycles. The van der Waals surface area contributed by atoms with Crippen LogP contribution < -0.4 is 5.01 Å². The van der Waals surface area contributed by atoms with Crippen molar-refractivity contribution in [3.63, 3.8) is 0 Å². The molecule has 0 fully saturated rings. The van der Waals surface area contributed by atoms with E-state index in [1.807, 2.05) is 26.8 Å². The van der Waals surface area contributed by atoms with Gasteiger partial charge in [0.1, 0.15) is 16.7 Å². The maximum absolute atomic E-state index is 12.8. The van der Waals surface area contributed by atoms with Crippen LogP contribution in [0.25, 0.3) is 0 Å². The van der Waals surface area contributed by atoms with Crippen LogP contribution in [0.1, 0.15) is 47.4 Å². The van der Waals surface area contributed by atoms with Crippen molar-refractivity contribution in [3.8, 4) is 6.07 Å². The van der Waals surface area contributed by atoms with Gasteiger partial charge in [-0.05, 0) is 26.2 Å². The summed E-state index contributed by atoms with van der Waals surface area (Å²) in [5, 5.41) is 12.3. The van der Waals surface area contributed by atoms with E-state index in [-0.39, 0.29) is 28.6 Å². The van der Waals surface area contributed by atoms with E-state index in [0.29, 0.717) is 6.54 Å². The van der Waals surface area contributed by atoms with E-state index in [9.17, 15) is 4.79 Å². The number of rotatable bonds is 5. The third-order valence-corrected chi connectivity index (χ3v) is 3.16. The molecular weight excluding hydrogens is 354 g/mol. The second-order valence-corrected chi connectivity index (χ2v) is 8.35. The summed E-state index contributed by atoms with van der Waals surface area (Å²) >= 11 is 6.28. The summed E-state index contributed by atoms with van der Waals surface area (Å²) < 4.78 is 5.51. The first kappa shape index (κ1) is 21.7. The molecule has 1 heterocycles. The van der Waals surface area contributed by atoms with E-state index in [1.165, 1.54) is 11.2 Å². The Bertz CT molecular complexity index is 701. The van der Waals surface area contributed by atoms with Gasteiger partial charge in [0.2, 0.25) is 5.82 Å². The van der Waals surface area contributed by atoms with Crippen LogP contribution in [-0.2, 0) is 4.74 Å². The molecule has 0 N–H and O–H groups in total. The van der Waals surface area contributed by atoms with E-state index in [0.717, 1.165) is 0 Å². The molecule has 0 aliphatic heterocycles. The predicted molar refractivity (Wildman–Crippen MR) is 102 cm³/mol. The fraction of sp³-hybridized carbons (Fsp3) is 0.556. The number of halogens is 1. The minimum atomic E-state index is -0.669. The Kier molecular flexibility index (Phi) is 6.99. The predicted octanol–water partition coefficient (Wildman–Crippen LogP) is 4.19. The second-order valence-electron chi connectivity index (χ2n) is 7.95. The Balaban J connectivity index is 3.44. The van der Waals surface area contributed by atoms with Gasteiger partial charge in [0.15, 0.2) is 5.82 Å². The van der Waals surface area contributed by atoms with E-state index in [4.69, 9.17) is 21.6 Å². The number of hydrazine groups is 1. The van der Waals surface area contributed by atoms with Crippen LogP contribution in [-0.4, -0.2) is 39.8 Å². The number of carbonyl (C=O) groups is 1. The van der Waals surface area contributed by atoms with Gasteiger partial charge in [-0.1, -0.05) is 38.4 Å². The van der Waals surface area contributed by atoms with Crippen molar-refractivity contribution in [3.05, 3.63) is 29.7 Å². The monoisotopic (exact) mass is 379 g/mol. The number of ether oxygens (including phenoxy) is 1. The zero-order valence-electron chi connectivity index (χ0n) is 16.2. The Morgan fingerprint density at radius 1 is 1.38 bits per heavy atom. The molecule has 0 saturated carbocycles. The van der Waals surface area contributed by atoms with Crippen LogP contribution in [0, 0.1) is 16.7 Å². The van der Waals surface area contributed by atoms with Crippen molar-refractivity contribution in [1.82, 2.24) is 15.0 Å². The average Bonchev–Trinajstić information content (AvgIpc) is 2.48. The zero-order chi connectivity index (χ0) is 20.1. The van der Waals surface area contributed by atoms with Gasteiger partial charge in [0.05, 0.1) is 12.7 Å². The number of nitrogens with zero attached hydrogens (tertiary/aromatic N) is 5. The molecule has 0 bridgehead atoms. The van der Waals surface area contributed by atoms with Crippen molar-refractivity contribution >= 4 is 23.5 Å². The normalized spacial score (nSPS) is 11.5. The van der Waals surface area contributed by atoms with E-state index in [2.05, 4.69) is 16.5 Å². The van der Waals surface area contributed by atoms with Crippen LogP contribution >= 0.6 is 11.6 Å². The summed E-state index contributed by atoms with van der Waals surface area (Å²) in [6.45, 7) is 15.7. The Morgan fingerprint density at radius 3 is 2.46 bits per heavy atom. The second kappa shape index (κ2) is 8.37. The Hall–Kier alpha value is -2.33. The lowest BCUT2D eigenvalue weighted by Crippen LogP contribution is -2.52. The zero-order valence-corrected chi connectivity index (χ0v) is 17.0. The lowest BCUT2D eigenvalue weighted by Gasteiger charge is -2.39. The first-order chi connectivity index (χ1) is 11.9. The van der Waals surface area contributed by atoms with Crippen molar-refractivity contribution in [2.75, 3.05) is 18.1 Å². The van der Waals surface area contributed by atoms with Crippen LogP contribution in [0.3, 0.4) is 0 Å². The molecule has 0 radical (unpaired) electrons. The van der Waals surface area contributed by atoms with Crippen molar-refractivity contribution in [1.29, 1.82) is 5.26 Å². The third kappa shape index (κ3) is 6.52. The summed E-state index contributed by atoms with van der Waals surface area (Å²) in [4.78, 5) is 20.8. The number of anilines is 1. The Morgan fingerprint density at radius 2 is 2.00 bits per heavy atom. The van der Waals surface area contributed by atoms with Gasteiger partial charge in [-0.2, -0.15) is 10.2 Å². The lowest BCUT2D eigenvalue weighted by molar-refractivity contribution is 0.0233. The third-order valence-electron chi connectivity index (χ3n) is 2.89. The van der Waals surface area contributed by atoms with Crippen molar-refractivity contribution in [2.24, 2.45) is 5.41 Å². The molecule has 0 saturated heterocycles. The molecule has 1 amide bonds. The molecule has 0 spiro atoms. The van der Waals surface area contributed by atoms with Crippen LogP contribution in [0.15, 0.2) is 18.9 Å². The van der Waals surface area contributed by atoms with Crippen molar-refractivity contribution in [2.45, 2.75) is 47.1 Å². The van der Waals surface area contributed by atoms with E-state index in [1.54, 1.807) is 31.9 Å². The number of hydrogen-bond donors (Lipinski definition) is 0. The van der Waals surface area contributed by atoms with Crippen LogP contribution in [0.4, 0.5) is 10.6 Å². The maximum Gasteiger partial charge on any atom is 0.429 e. The SMILES string of the molecule is C=CCN(C(=O)OC(C)(C)C)N(CC(C)(C)C)c1nc(C#N)ncc1Cl. The largest absolute Gasteiger partial charge is 0.442 e. The van der Waals surface area contributed by atoms with Gasteiger partial charge in [-0.15, -0.1) is 6.58 Å². The first-order valence-corrected chi connectivity index (χ1v) is 8.57. The molecule has 7 nitrogen and oxygen atoms in total. The molecule has 0 aliphatic carbocycles. The summed E-state index contributed by atoms with van der Waals surface area (Å²) in [5.41, 5.74) is -0.875. The smallest absolute Gasteiger partial charge is 0.429 e. The molecule has 8 heteroatoms. The first-order valence-electron chi connectivity index (χ1n) is 8.19. The highest BCUT2D eigenvalue weighted by molar-refractivity contribution is 6.32. The van der Waals surface area contributed by atoms with Gasteiger partial charge in [-0.3, -0.25) is 5.01 Å². The quantitative estimate of drug-likeness (QED) is 0.563. The summed E-state index contributed by atoms with van der Waals surface area (Å²) in [5.74, 6) is 0.229. The minimum absolute atomic E-state index is 0.0361. The molecule has 1 aromatic rings. The number of amides is 1. The highest BCUT2D eigenvalue weighted by atomic mass is 35.5. The highest BCUT2D eigenvalue weighted by Crippen LogP contribution is 2.28. The molecule has 1 aromatic heterocycles. The van der Waals surface area contributed by atoms with Gasteiger partial charge in [0, 0.05) is 6.54 Å². The molecular formula is C18H26ClN5O2. The fourth-order valence-electron chi connectivity index (χ4n) is 2.03. The fourth-order valence-corrected chi connectivity index (χ4v) is 2.21. The summed E-state index contributed by atoms with van der Waals surface area (Å²) in [7, 11) is 0. The molecule has 1 rings (SSSR count). The number of carbonyl (C=O) groups excluding carboxylic acids is 1. The van der Waals surface area contributed by atoms with Gasteiger partial charge >= 0.3 is 6.09 Å². The van der Waals surface area contributed by atoms with E-state index >= 15 is 0 Å². The number of hydrogen-bond acceptors (Lipinski definition) is 6. The van der Waals surface area contributed by atoms with Gasteiger partial charge in [0.25, 0.3) is 0 Å². The van der Waals surface area contributed by atoms with Gasteiger partial charge < -0.3 is 4.74 Å². The van der Waals surface area contributed by atoms with Crippen molar-refractivity contribution < 1.29 is 9.53 Å². The van der Waals surface area contributed by atoms with Crippen LogP contribution in [0.5, 0.6) is 0 Å². The maximum atomic E-state index is 12.8. The number of aromatic nitrogens is 2. The molecule has 26 heavy (non-hydrogen) atoms. The minimum Gasteiger partial charge on any atom is -0.442 e. The Labute approximate surface area is 160 Å². The molecule has 0 unspecified atom stereocenters. The average molecular weight is 380 g/mol. The topological polar surface area (TPSA) is 82.4 Å². The molecule has 142 valence electrons.